The lowest BCUT2D eigenvalue weighted by molar-refractivity contribution is -0.129. The number of ether oxygens (including phenoxy) is 1. The van der Waals surface area contributed by atoms with Crippen LogP contribution in [-0.2, 0) is 17.8 Å². The van der Waals surface area contributed by atoms with Gasteiger partial charge in [0.05, 0.1) is 6.42 Å². The number of carbonyl (C=O) groups excluding carboxylic acids is 1. The third-order valence-electron chi connectivity index (χ3n) is 4.71. The Kier molecular flexibility index (Phi) is 5.71. The summed E-state index contributed by atoms with van der Waals surface area (Å²) in [5.41, 5.74) is 9.06. The molecular weight excluding hydrogens is 312 g/mol. The van der Waals surface area contributed by atoms with Gasteiger partial charge in [-0.15, -0.1) is 0 Å². The first-order valence-electron chi connectivity index (χ1n) is 8.89. The Labute approximate surface area is 149 Å². The maximum absolute atomic E-state index is 12.4. The fraction of sp³-hybridized carbons (Fsp3) is 0.381. The molecule has 0 radical (unpaired) electrons. The Morgan fingerprint density at radius 3 is 2.76 bits per heavy atom. The first-order chi connectivity index (χ1) is 12.1. The van der Waals surface area contributed by atoms with Gasteiger partial charge in [0.2, 0.25) is 5.91 Å². The number of nitrogens with zero attached hydrogens (tertiary/aromatic N) is 1. The van der Waals surface area contributed by atoms with E-state index in [9.17, 15) is 4.79 Å². The number of hydrogen-bond acceptors (Lipinski definition) is 3. The first-order valence-corrected chi connectivity index (χ1v) is 8.89. The molecule has 4 heteroatoms. The van der Waals surface area contributed by atoms with Crippen LogP contribution in [0.4, 0.5) is 0 Å². The molecule has 1 aliphatic rings. The van der Waals surface area contributed by atoms with Crippen molar-refractivity contribution in [1.82, 2.24) is 4.90 Å². The molecule has 0 bridgehead atoms. The quantitative estimate of drug-likeness (QED) is 0.881. The van der Waals surface area contributed by atoms with Crippen LogP contribution in [0.3, 0.4) is 0 Å². The Balaban J connectivity index is 1.57. The summed E-state index contributed by atoms with van der Waals surface area (Å²) < 4.78 is 5.89. The zero-order valence-corrected chi connectivity index (χ0v) is 14.8. The number of likely N-dealkylation sites (tertiary alicyclic amines) is 1. The minimum Gasteiger partial charge on any atom is -0.489 e. The largest absolute Gasteiger partial charge is 0.489 e. The number of amides is 1. The first kappa shape index (κ1) is 17.5. The lowest BCUT2D eigenvalue weighted by Gasteiger charge is -2.16. The molecule has 132 valence electrons. The Hall–Kier alpha value is -2.33. The van der Waals surface area contributed by atoms with Crippen LogP contribution in [0.5, 0.6) is 5.75 Å². The van der Waals surface area contributed by atoms with E-state index in [-0.39, 0.29) is 5.91 Å². The lowest BCUT2D eigenvalue weighted by atomic mass is 10.1. The second-order valence-electron chi connectivity index (χ2n) is 6.83. The number of benzene rings is 2. The average molecular weight is 338 g/mol. The topological polar surface area (TPSA) is 55.6 Å². The van der Waals surface area contributed by atoms with Gasteiger partial charge in [0.25, 0.3) is 0 Å². The van der Waals surface area contributed by atoms with Crippen LogP contribution >= 0.6 is 0 Å². The van der Waals surface area contributed by atoms with Crippen molar-refractivity contribution in [3.8, 4) is 5.75 Å². The van der Waals surface area contributed by atoms with E-state index in [1.54, 1.807) is 0 Å². The maximum Gasteiger partial charge on any atom is 0.227 e. The molecule has 2 aromatic carbocycles. The fourth-order valence-corrected chi connectivity index (χ4v) is 3.25. The van der Waals surface area contributed by atoms with Crippen LogP contribution < -0.4 is 10.5 Å². The molecule has 2 aromatic rings. The molecule has 3 rings (SSSR count). The fourth-order valence-electron chi connectivity index (χ4n) is 3.25. The highest BCUT2D eigenvalue weighted by atomic mass is 16.5. The molecule has 0 saturated carbocycles. The number of rotatable bonds is 6. The highest BCUT2D eigenvalue weighted by Crippen LogP contribution is 2.19. The van der Waals surface area contributed by atoms with Gasteiger partial charge in [-0.1, -0.05) is 42.0 Å². The van der Waals surface area contributed by atoms with Gasteiger partial charge in [-0.3, -0.25) is 4.79 Å². The zero-order chi connectivity index (χ0) is 17.6. The zero-order valence-electron chi connectivity index (χ0n) is 14.8. The number of nitrogens with two attached hydrogens (primary N) is 1. The molecule has 0 aromatic heterocycles. The summed E-state index contributed by atoms with van der Waals surface area (Å²) in [6, 6.07) is 16.1. The molecule has 1 fully saturated rings. The van der Waals surface area contributed by atoms with Crippen LogP contribution in [-0.4, -0.2) is 30.4 Å². The highest BCUT2D eigenvalue weighted by molar-refractivity contribution is 5.79. The summed E-state index contributed by atoms with van der Waals surface area (Å²) in [5.74, 6) is 1.42. The van der Waals surface area contributed by atoms with Crippen molar-refractivity contribution in [3.63, 3.8) is 0 Å². The third kappa shape index (κ3) is 4.83. The summed E-state index contributed by atoms with van der Waals surface area (Å²) in [6.45, 7) is 4.88. The molecule has 0 spiro atoms. The van der Waals surface area contributed by atoms with E-state index in [0.717, 1.165) is 36.4 Å². The summed E-state index contributed by atoms with van der Waals surface area (Å²) >= 11 is 0. The van der Waals surface area contributed by atoms with E-state index in [0.29, 0.717) is 25.5 Å². The SMILES string of the molecule is Cc1cccc(COc2cccc(CC(=O)N3CCC(CN)C3)c2)c1. The number of carbonyl (C=O) groups is 1. The molecule has 1 atom stereocenters. The molecule has 4 nitrogen and oxygen atoms in total. The van der Waals surface area contributed by atoms with Gasteiger partial charge >= 0.3 is 0 Å². The highest BCUT2D eigenvalue weighted by Gasteiger charge is 2.25. The molecular formula is C21H26N2O2. The van der Waals surface area contributed by atoms with Gasteiger partial charge in [-0.2, -0.15) is 0 Å². The third-order valence-corrected chi connectivity index (χ3v) is 4.71. The van der Waals surface area contributed by atoms with Crippen molar-refractivity contribution in [2.75, 3.05) is 19.6 Å². The molecule has 1 unspecified atom stereocenters. The average Bonchev–Trinajstić information content (AvgIpc) is 3.10. The second kappa shape index (κ2) is 8.17. The van der Waals surface area contributed by atoms with Crippen LogP contribution in [0.2, 0.25) is 0 Å². The summed E-state index contributed by atoms with van der Waals surface area (Å²) in [4.78, 5) is 14.4. The Morgan fingerprint density at radius 1 is 1.20 bits per heavy atom. The van der Waals surface area contributed by atoms with Crippen LogP contribution in [0, 0.1) is 12.8 Å². The van der Waals surface area contributed by atoms with Gasteiger partial charge in [-0.05, 0) is 49.1 Å². The molecule has 1 amide bonds. The second-order valence-corrected chi connectivity index (χ2v) is 6.83. The standard InChI is InChI=1S/C21H26N2O2/c1-16-4-2-6-18(10-16)15-25-20-7-3-5-17(11-20)12-21(24)23-9-8-19(13-22)14-23/h2-7,10-11,19H,8-9,12-15,22H2,1H3. The van der Waals surface area contributed by atoms with Crippen molar-refractivity contribution in [2.45, 2.75) is 26.4 Å². The molecule has 1 saturated heterocycles. The van der Waals surface area contributed by atoms with Gasteiger partial charge in [0.15, 0.2) is 0 Å². The predicted octanol–water partition coefficient (Wildman–Crippen LogP) is 2.92. The minimum atomic E-state index is 0.173. The van der Waals surface area contributed by atoms with Crippen molar-refractivity contribution < 1.29 is 9.53 Å². The van der Waals surface area contributed by atoms with E-state index in [1.807, 2.05) is 35.2 Å². The minimum absolute atomic E-state index is 0.173. The normalized spacial score (nSPS) is 16.9. The summed E-state index contributed by atoms with van der Waals surface area (Å²) in [6.07, 6.45) is 1.43. The number of aryl methyl sites for hydroxylation is 1. The predicted molar refractivity (Wildman–Crippen MR) is 99.4 cm³/mol. The van der Waals surface area contributed by atoms with E-state index < -0.39 is 0 Å². The molecule has 0 aliphatic carbocycles. The van der Waals surface area contributed by atoms with Crippen molar-refractivity contribution in [2.24, 2.45) is 11.7 Å². The van der Waals surface area contributed by atoms with Crippen molar-refractivity contribution >= 4 is 5.91 Å². The van der Waals surface area contributed by atoms with E-state index >= 15 is 0 Å². The van der Waals surface area contributed by atoms with Gasteiger partial charge in [0, 0.05) is 13.1 Å². The molecule has 1 heterocycles. The monoisotopic (exact) mass is 338 g/mol. The molecule has 1 aliphatic heterocycles. The van der Waals surface area contributed by atoms with Crippen molar-refractivity contribution in [3.05, 3.63) is 65.2 Å². The van der Waals surface area contributed by atoms with E-state index in [1.165, 1.54) is 5.56 Å². The smallest absolute Gasteiger partial charge is 0.227 e. The maximum atomic E-state index is 12.4. The van der Waals surface area contributed by atoms with Gasteiger partial charge in [0.1, 0.15) is 12.4 Å². The van der Waals surface area contributed by atoms with E-state index in [2.05, 4.69) is 25.1 Å². The molecule has 25 heavy (non-hydrogen) atoms. The van der Waals surface area contributed by atoms with E-state index in [4.69, 9.17) is 10.5 Å². The lowest BCUT2D eigenvalue weighted by Crippen LogP contribution is -2.31. The Bertz CT molecular complexity index is 729. The van der Waals surface area contributed by atoms with Crippen LogP contribution in [0.25, 0.3) is 0 Å². The van der Waals surface area contributed by atoms with Gasteiger partial charge in [-0.25, -0.2) is 0 Å². The molecule has 2 N–H and O–H groups in total. The van der Waals surface area contributed by atoms with Crippen molar-refractivity contribution in [1.29, 1.82) is 0 Å². The summed E-state index contributed by atoms with van der Waals surface area (Å²) in [7, 11) is 0. The van der Waals surface area contributed by atoms with Crippen LogP contribution in [0.15, 0.2) is 48.5 Å². The summed E-state index contributed by atoms with van der Waals surface area (Å²) in [5, 5.41) is 0. The van der Waals surface area contributed by atoms with Gasteiger partial charge < -0.3 is 15.4 Å². The Morgan fingerprint density at radius 2 is 2.00 bits per heavy atom. The van der Waals surface area contributed by atoms with Crippen LogP contribution in [0.1, 0.15) is 23.1 Å². The number of hydrogen-bond donors (Lipinski definition) is 1.